The van der Waals surface area contributed by atoms with E-state index < -0.39 is 112 Å². The van der Waals surface area contributed by atoms with Crippen LogP contribution < -0.4 is 5.73 Å². The molecule has 52 heavy (non-hydrogen) atoms. The molecule has 0 radical (unpaired) electrons. The second-order valence-corrected chi connectivity index (χ2v) is 15.1. The zero-order valence-electron chi connectivity index (χ0n) is 27.2. The van der Waals surface area contributed by atoms with Gasteiger partial charge in [0.05, 0.1) is 12.9 Å². The van der Waals surface area contributed by atoms with Crippen LogP contribution in [-0.4, -0.2) is 119 Å². The summed E-state index contributed by atoms with van der Waals surface area (Å²) in [4.78, 5) is 80.3. The van der Waals surface area contributed by atoms with Crippen molar-refractivity contribution in [1.82, 2.24) is 19.5 Å². The maximum Gasteiger partial charge on any atom is 0.537 e. The van der Waals surface area contributed by atoms with Gasteiger partial charge in [-0.05, 0) is 11.8 Å². The number of anilines is 1. The highest BCUT2D eigenvalue weighted by atomic mass is 32.5. The molecule has 288 valence electrons. The molecule has 0 spiro atoms. The lowest BCUT2D eigenvalue weighted by atomic mass is 9.99. The second kappa shape index (κ2) is 16.4. The summed E-state index contributed by atoms with van der Waals surface area (Å²) in [5.41, 5.74) is 6.08. The number of imidazole rings is 1. The monoisotopic (exact) mass is 803 g/mol. The van der Waals surface area contributed by atoms with Crippen LogP contribution >= 0.6 is 14.5 Å². The van der Waals surface area contributed by atoms with Crippen LogP contribution in [0.15, 0.2) is 24.4 Å². The van der Waals surface area contributed by atoms with Gasteiger partial charge in [0.15, 0.2) is 36.1 Å². The molecule has 0 aliphatic carbocycles. The van der Waals surface area contributed by atoms with Crippen molar-refractivity contribution in [3.05, 3.63) is 24.4 Å². The van der Waals surface area contributed by atoms with E-state index in [1.807, 2.05) is 0 Å². The lowest BCUT2D eigenvalue weighted by Crippen LogP contribution is -2.54. The molecular weight excluding hydrogens is 771 g/mol. The SMILES string of the molecule is CC(=O)OC[C@H](F)C1OC(OP(=O)(O)OP(O)(=S)OC[C@H]2O[C@@H](n3cnc4c(N)ncnc43)C(O)C2O)=C(OC(C)=O)C(OC(C)=O)[C@@H]1OC(C)=O. The molecule has 2 aliphatic rings. The summed E-state index contributed by atoms with van der Waals surface area (Å²) in [7, 11) is -5.78. The van der Waals surface area contributed by atoms with E-state index in [1.54, 1.807) is 0 Å². The molecule has 0 bridgehead atoms. The number of aliphatic hydroxyl groups excluding tert-OH is 2. The fourth-order valence-electron chi connectivity index (χ4n) is 4.79. The van der Waals surface area contributed by atoms with E-state index in [9.17, 15) is 43.7 Å². The third kappa shape index (κ3) is 9.95. The highest BCUT2D eigenvalue weighted by Gasteiger charge is 2.53. The lowest BCUT2D eigenvalue weighted by molar-refractivity contribution is -0.199. The molecule has 0 saturated carbocycles. The van der Waals surface area contributed by atoms with Gasteiger partial charge in [-0.1, -0.05) is 0 Å². The van der Waals surface area contributed by atoms with Gasteiger partial charge in [-0.2, -0.15) is 4.31 Å². The van der Waals surface area contributed by atoms with E-state index >= 15 is 4.39 Å². The van der Waals surface area contributed by atoms with Gasteiger partial charge in [-0.25, -0.2) is 23.9 Å². The molecule has 2 aromatic rings. The molecule has 2 aliphatic heterocycles. The molecule has 0 amide bonds. The number of fused-ring (bicyclic) bond motifs is 1. The molecule has 4 rings (SSSR count). The van der Waals surface area contributed by atoms with Crippen molar-refractivity contribution >= 4 is 67.2 Å². The van der Waals surface area contributed by atoms with Crippen LogP contribution in [0, 0.1) is 0 Å². The predicted octanol–water partition coefficient (Wildman–Crippen LogP) is -0.710. The fourth-order valence-corrected chi connectivity index (χ4v) is 7.78. The molecule has 6 unspecified atom stereocenters. The van der Waals surface area contributed by atoms with Crippen molar-refractivity contribution in [2.24, 2.45) is 0 Å². The van der Waals surface area contributed by atoms with Gasteiger partial charge in [0, 0.05) is 27.7 Å². The molecule has 10 atom stereocenters. The topological polar surface area (TPSA) is 319 Å². The van der Waals surface area contributed by atoms with Crippen LogP contribution in [0.2, 0.25) is 0 Å². The average molecular weight is 804 g/mol. The van der Waals surface area contributed by atoms with Gasteiger partial charge in [0.25, 0.3) is 0 Å². The number of esters is 4. The quantitative estimate of drug-likeness (QED) is 0.0895. The van der Waals surface area contributed by atoms with Crippen molar-refractivity contribution < 1.29 is 89.9 Å². The third-order valence-corrected chi connectivity index (χ3v) is 10.2. The Morgan fingerprint density at radius 3 is 2.33 bits per heavy atom. The number of nitrogens with two attached hydrogens (primary N) is 1. The summed E-state index contributed by atoms with van der Waals surface area (Å²) >= 11 is 4.80. The van der Waals surface area contributed by atoms with E-state index in [-0.39, 0.29) is 17.0 Å². The minimum Gasteiger partial charge on any atom is -0.463 e. The second-order valence-electron chi connectivity index (χ2n) is 10.8. The third-order valence-electron chi connectivity index (χ3n) is 6.78. The first-order chi connectivity index (χ1) is 24.2. The van der Waals surface area contributed by atoms with Gasteiger partial charge in [0.2, 0.25) is 11.9 Å². The van der Waals surface area contributed by atoms with Gasteiger partial charge in [0.1, 0.15) is 36.8 Å². The van der Waals surface area contributed by atoms with E-state index in [1.165, 1.54) is 10.9 Å². The van der Waals surface area contributed by atoms with Gasteiger partial charge in [-0.15, -0.1) is 0 Å². The number of ether oxygens (including phenoxy) is 6. The van der Waals surface area contributed by atoms with E-state index in [0.717, 1.165) is 34.0 Å². The summed E-state index contributed by atoms with van der Waals surface area (Å²) in [5, 5.41) is 21.2. The number of halogens is 1. The molecule has 0 aromatic carbocycles. The van der Waals surface area contributed by atoms with Crippen LogP contribution in [0.25, 0.3) is 11.2 Å². The Labute approximate surface area is 296 Å². The van der Waals surface area contributed by atoms with Crippen molar-refractivity contribution in [2.75, 3.05) is 18.9 Å². The van der Waals surface area contributed by atoms with Crippen LogP contribution in [0.4, 0.5) is 10.2 Å². The number of alkyl halides is 1. The summed E-state index contributed by atoms with van der Waals surface area (Å²) < 4.78 is 75.1. The summed E-state index contributed by atoms with van der Waals surface area (Å²) in [6, 6.07) is 0. The van der Waals surface area contributed by atoms with Crippen molar-refractivity contribution in [1.29, 1.82) is 0 Å². The number of nitrogens with zero attached hydrogens (tertiary/aromatic N) is 4. The first-order valence-corrected chi connectivity index (χ1v) is 18.6. The Kier molecular flexibility index (Phi) is 12.9. The maximum atomic E-state index is 15.4. The van der Waals surface area contributed by atoms with E-state index in [2.05, 4.69) is 24.0 Å². The number of aliphatic hydroxyl groups is 2. The smallest absolute Gasteiger partial charge is 0.463 e. The molecule has 27 heteroatoms. The number of aromatic nitrogens is 4. The average Bonchev–Trinajstić information content (AvgIpc) is 3.57. The molecule has 1 fully saturated rings. The van der Waals surface area contributed by atoms with Gasteiger partial charge < -0.3 is 58.3 Å². The first kappa shape index (κ1) is 40.9. The Bertz CT molecular complexity index is 1830. The Morgan fingerprint density at radius 2 is 1.71 bits per heavy atom. The Balaban J connectivity index is 1.55. The molecule has 23 nitrogen and oxygen atoms in total. The van der Waals surface area contributed by atoms with E-state index in [4.69, 9.17) is 50.3 Å². The van der Waals surface area contributed by atoms with Crippen molar-refractivity contribution in [3.8, 4) is 0 Å². The van der Waals surface area contributed by atoms with Crippen molar-refractivity contribution in [3.63, 3.8) is 0 Å². The van der Waals surface area contributed by atoms with Gasteiger partial charge in [-0.3, -0.25) is 28.6 Å². The number of rotatable bonds is 14. The highest BCUT2D eigenvalue weighted by molar-refractivity contribution is 8.08. The molecule has 6 N–H and O–H groups in total. The summed E-state index contributed by atoms with van der Waals surface area (Å²) in [6.45, 7) is -3.26. The molecular formula is C25H32FN5O18P2S. The Hall–Kier alpha value is -3.90. The minimum atomic E-state index is -5.78. The van der Waals surface area contributed by atoms with Crippen molar-refractivity contribution in [2.45, 2.75) is 76.7 Å². The van der Waals surface area contributed by atoms with E-state index in [0.29, 0.717) is 0 Å². The number of carbonyl (C=O) groups excluding carboxylic acids is 4. The standard InChI is InChI=1S/C25H32FN5O18P2S/c1-9(32)41-5-13(26)18-19(43-10(2)33)20(44-11(3)34)21(45-12(4)35)25(47-18)48-50(38,39)49-51(40,52)42-6-14-16(36)17(37)24(46-14)31-8-30-15-22(27)28-7-29-23(15)31/h7-8,13-14,16-20,24,36-37H,5-6H2,1-4H3,(H,38,39)(H,40,52)(H2,27,28,29)/t13-,14+,16?,17?,18?,19+,20?,24+,51?/m0/s1. The molecule has 2 aromatic heterocycles. The number of carbonyl (C=O) groups is 4. The maximum absolute atomic E-state index is 15.4. The van der Waals surface area contributed by atoms with Gasteiger partial charge >= 0.3 is 44.4 Å². The molecule has 1 saturated heterocycles. The van der Waals surface area contributed by atoms with Crippen LogP contribution in [0.5, 0.6) is 0 Å². The lowest BCUT2D eigenvalue weighted by Gasteiger charge is -2.38. The minimum absolute atomic E-state index is 0.0212. The highest BCUT2D eigenvalue weighted by Crippen LogP contribution is 2.62. The molecule has 4 heterocycles. The number of phosphoric acid groups is 1. The van der Waals surface area contributed by atoms with Crippen LogP contribution in [0.1, 0.15) is 33.9 Å². The fraction of sp³-hybridized carbons (Fsp3) is 0.560. The summed E-state index contributed by atoms with van der Waals surface area (Å²) in [5.74, 6) is -6.67. The zero-order valence-corrected chi connectivity index (χ0v) is 29.8. The predicted molar refractivity (Wildman–Crippen MR) is 166 cm³/mol. The Morgan fingerprint density at radius 1 is 1.04 bits per heavy atom. The van der Waals surface area contributed by atoms with Crippen LogP contribution in [-0.2, 0) is 77.3 Å². The zero-order chi connectivity index (χ0) is 38.7. The normalized spacial score (nSPS) is 27.4. The number of nitrogen functional groups attached to an aromatic ring is 1. The number of hydrogen-bond acceptors (Lipinski definition) is 21. The van der Waals surface area contributed by atoms with Crippen LogP contribution in [0.3, 0.4) is 0 Å². The largest absolute Gasteiger partial charge is 0.537 e. The first-order valence-electron chi connectivity index (χ1n) is 14.6. The summed E-state index contributed by atoms with van der Waals surface area (Å²) in [6.07, 6.45) is -12.4. The number of hydrogen-bond donors (Lipinski definition) is 5. The number of phosphoric ester groups is 1.